The summed E-state index contributed by atoms with van der Waals surface area (Å²) in [5.41, 5.74) is -0.184. The summed E-state index contributed by atoms with van der Waals surface area (Å²) in [7, 11) is 1.54. The normalized spacial score (nSPS) is 11.8. The van der Waals surface area contributed by atoms with Crippen molar-refractivity contribution in [2.75, 3.05) is 13.7 Å². The zero-order valence-corrected chi connectivity index (χ0v) is 16.3. The standard InChI is InChI=1S/C19H16F3N3O3S/c1-3-28-17(26)15-11-29-18(23-15)25-16(19(20,21)22)10-13(24-25)7-4-12-5-8-14(27-2)9-6-12/h4-11H,3H2,1-2H3. The number of carbonyl (C=O) groups excluding carboxylic acids is 1. The molecule has 0 bridgehead atoms. The van der Waals surface area contributed by atoms with Crippen LogP contribution in [0.4, 0.5) is 13.2 Å². The lowest BCUT2D eigenvalue weighted by molar-refractivity contribution is -0.142. The highest BCUT2D eigenvalue weighted by Gasteiger charge is 2.37. The van der Waals surface area contributed by atoms with Crippen LogP contribution in [0.1, 0.15) is 34.4 Å². The first kappa shape index (κ1) is 20.6. The first-order valence-corrected chi connectivity index (χ1v) is 9.32. The molecule has 0 saturated heterocycles. The van der Waals surface area contributed by atoms with Gasteiger partial charge in [0.1, 0.15) is 5.75 Å². The summed E-state index contributed by atoms with van der Waals surface area (Å²) in [6, 6.07) is 7.94. The van der Waals surface area contributed by atoms with Crippen molar-refractivity contribution >= 4 is 29.5 Å². The summed E-state index contributed by atoms with van der Waals surface area (Å²) in [5.74, 6) is -0.0256. The second-order valence-corrected chi connectivity index (χ2v) is 6.54. The zero-order chi connectivity index (χ0) is 21.0. The molecule has 0 aliphatic heterocycles. The Balaban J connectivity index is 1.92. The molecule has 0 fully saturated rings. The van der Waals surface area contributed by atoms with E-state index < -0.39 is 17.8 Å². The number of alkyl halides is 3. The molecule has 0 N–H and O–H groups in total. The van der Waals surface area contributed by atoms with Crippen LogP contribution in [-0.4, -0.2) is 34.5 Å². The number of hydrogen-bond donors (Lipinski definition) is 0. The van der Waals surface area contributed by atoms with Gasteiger partial charge in [0.15, 0.2) is 11.4 Å². The third kappa shape index (κ3) is 4.83. The number of carbonyl (C=O) groups is 1. The fourth-order valence-electron chi connectivity index (χ4n) is 2.39. The number of ether oxygens (including phenoxy) is 2. The molecule has 0 unspecified atom stereocenters. The number of halogens is 3. The SMILES string of the molecule is CCOC(=O)c1csc(-n2nc(C=Cc3ccc(OC)cc3)cc2C(F)(F)F)n1. The van der Waals surface area contributed by atoms with Gasteiger partial charge < -0.3 is 9.47 Å². The van der Waals surface area contributed by atoms with Crippen LogP contribution in [0.2, 0.25) is 0 Å². The van der Waals surface area contributed by atoms with Gasteiger partial charge in [-0.1, -0.05) is 18.2 Å². The van der Waals surface area contributed by atoms with E-state index in [0.29, 0.717) is 10.4 Å². The molecule has 10 heteroatoms. The topological polar surface area (TPSA) is 66.2 Å². The summed E-state index contributed by atoms with van der Waals surface area (Å²) in [6.45, 7) is 1.77. The molecular formula is C19H16F3N3O3S. The summed E-state index contributed by atoms with van der Waals surface area (Å²) in [6.07, 6.45) is -1.54. The Hall–Kier alpha value is -3.14. The van der Waals surface area contributed by atoms with Crippen LogP contribution in [0, 0.1) is 0 Å². The number of nitrogens with zero attached hydrogens (tertiary/aromatic N) is 3. The lowest BCUT2D eigenvalue weighted by Gasteiger charge is -2.06. The molecule has 0 aliphatic carbocycles. The molecule has 0 radical (unpaired) electrons. The quantitative estimate of drug-likeness (QED) is 0.538. The second-order valence-electron chi connectivity index (χ2n) is 5.71. The van der Waals surface area contributed by atoms with E-state index in [4.69, 9.17) is 9.47 Å². The molecule has 3 rings (SSSR count). The Kier molecular flexibility index (Phi) is 6.02. The van der Waals surface area contributed by atoms with E-state index in [1.807, 2.05) is 0 Å². The summed E-state index contributed by atoms with van der Waals surface area (Å²) in [4.78, 5) is 15.7. The number of aromatic nitrogens is 3. The number of esters is 1. The first-order chi connectivity index (χ1) is 13.8. The van der Waals surface area contributed by atoms with Gasteiger partial charge >= 0.3 is 12.1 Å². The third-order valence-electron chi connectivity index (χ3n) is 3.74. The van der Waals surface area contributed by atoms with E-state index >= 15 is 0 Å². The van der Waals surface area contributed by atoms with Gasteiger partial charge in [0.25, 0.3) is 0 Å². The Labute approximate surface area is 168 Å². The second kappa shape index (κ2) is 8.48. The van der Waals surface area contributed by atoms with Gasteiger partial charge in [0.05, 0.1) is 19.4 Å². The van der Waals surface area contributed by atoms with Gasteiger partial charge in [-0.05, 0) is 36.8 Å². The van der Waals surface area contributed by atoms with Gasteiger partial charge in [0.2, 0.25) is 5.13 Å². The maximum Gasteiger partial charge on any atom is 0.433 e. The predicted molar refractivity (Wildman–Crippen MR) is 102 cm³/mol. The number of methoxy groups -OCH3 is 1. The molecule has 3 aromatic rings. The maximum atomic E-state index is 13.5. The number of rotatable bonds is 6. The zero-order valence-electron chi connectivity index (χ0n) is 15.4. The van der Waals surface area contributed by atoms with Gasteiger partial charge in [-0.15, -0.1) is 11.3 Å². The molecule has 29 heavy (non-hydrogen) atoms. The molecule has 0 aliphatic rings. The summed E-state index contributed by atoms with van der Waals surface area (Å²) < 4.78 is 51.0. The van der Waals surface area contributed by atoms with Crippen molar-refractivity contribution in [3.63, 3.8) is 0 Å². The van der Waals surface area contributed by atoms with E-state index in [9.17, 15) is 18.0 Å². The van der Waals surface area contributed by atoms with Crippen LogP contribution < -0.4 is 4.74 Å². The highest BCUT2D eigenvalue weighted by atomic mass is 32.1. The lowest BCUT2D eigenvalue weighted by Crippen LogP contribution is -2.13. The molecule has 1 aromatic carbocycles. The molecule has 152 valence electrons. The highest BCUT2D eigenvalue weighted by molar-refractivity contribution is 7.12. The van der Waals surface area contributed by atoms with Crippen molar-refractivity contribution in [3.8, 4) is 10.9 Å². The van der Waals surface area contributed by atoms with Crippen LogP contribution in [-0.2, 0) is 10.9 Å². The minimum atomic E-state index is -4.64. The van der Waals surface area contributed by atoms with Crippen molar-refractivity contribution in [1.29, 1.82) is 0 Å². The average molecular weight is 423 g/mol. The first-order valence-electron chi connectivity index (χ1n) is 8.44. The Bertz CT molecular complexity index is 1020. The average Bonchev–Trinajstić information content (AvgIpc) is 3.34. The smallest absolute Gasteiger partial charge is 0.433 e. The van der Waals surface area contributed by atoms with Gasteiger partial charge in [-0.2, -0.15) is 18.3 Å². The van der Waals surface area contributed by atoms with Gasteiger partial charge in [-0.3, -0.25) is 0 Å². The summed E-state index contributed by atoms with van der Waals surface area (Å²) in [5, 5.41) is 5.25. The lowest BCUT2D eigenvalue weighted by atomic mass is 10.2. The molecule has 0 atom stereocenters. The Morgan fingerprint density at radius 2 is 1.97 bits per heavy atom. The van der Waals surface area contributed by atoms with Crippen LogP contribution in [0.5, 0.6) is 5.75 Å². The van der Waals surface area contributed by atoms with Crippen LogP contribution in [0.25, 0.3) is 17.3 Å². The van der Waals surface area contributed by atoms with Crippen molar-refractivity contribution in [2.45, 2.75) is 13.1 Å². The fraction of sp³-hybridized carbons (Fsp3) is 0.211. The van der Waals surface area contributed by atoms with Crippen molar-refractivity contribution in [2.24, 2.45) is 0 Å². The molecule has 0 saturated carbocycles. The van der Waals surface area contributed by atoms with E-state index in [0.717, 1.165) is 23.0 Å². The predicted octanol–water partition coefficient (Wildman–Crippen LogP) is 4.70. The minimum absolute atomic E-state index is 0.0641. The van der Waals surface area contributed by atoms with Crippen LogP contribution >= 0.6 is 11.3 Å². The number of hydrogen-bond acceptors (Lipinski definition) is 6. The van der Waals surface area contributed by atoms with E-state index in [2.05, 4.69) is 10.1 Å². The van der Waals surface area contributed by atoms with Gasteiger partial charge in [0, 0.05) is 5.38 Å². The molecular weight excluding hydrogens is 407 g/mol. The Morgan fingerprint density at radius 3 is 2.59 bits per heavy atom. The third-order valence-corrected chi connectivity index (χ3v) is 4.56. The Morgan fingerprint density at radius 1 is 1.24 bits per heavy atom. The van der Waals surface area contributed by atoms with Crippen molar-refractivity contribution in [3.05, 3.63) is 58.4 Å². The molecule has 2 aromatic heterocycles. The number of benzene rings is 1. The fourth-order valence-corrected chi connectivity index (χ4v) is 3.14. The van der Waals surface area contributed by atoms with Crippen LogP contribution in [0.15, 0.2) is 35.7 Å². The van der Waals surface area contributed by atoms with Crippen molar-refractivity contribution in [1.82, 2.24) is 14.8 Å². The molecule has 0 spiro atoms. The van der Waals surface area contributed by atoms with Crippen LogP contribution in [0.3, 0.4) is 0 Å². The molecule has 6 nitrogen and oxygen atoms in total. The minimum Gasteiger partial charge on any atom is -0.497 e. The largest absolute Gasteiger partial charge is 0.497 e. The maximum absolute atomic E-state index is 13.5. The molecule has 0 amide bonds. The van der Waals surface area contributed by atoms with E-state index in [1.54, 1.807) is 44.4 Å². The van der Waals surface area contributed by atoms with E-state index in [1.165, 1.54) is 11.5 Å². The number of thiazole rings is 1. The molecule has 2 heterocycles. The highest BCUT2D eigenvalue weighted by Crippen LogP contribution is 2.32. The summed E-state index contributed by atoms with van der Waals surface area (Å²) >= 11 is 0.870. The van der Waals surface area contributed by atoms with Gasteiger partial charge in [-0.25, -0.2) is 14.5 Å². The van der Waals surface area contributed by atoms with Crippen molar-refractivity contribution < 1.29 is 27.4 Å². The van der Waals surface area contributed by atoms with E-state index in [-0.39, 0.29) is 23.1 Å². The monoisotopic (exact) mass is 423 g/mol.